The summed E-state index contributed by atoms with van der Waals surface area (Å²) >= 11 is 6.16. The average Bonchev–Trinajstić information content (AvgIpc) is 2.87. The fraction of sp³-hybridized carbons (Fsp3) is 0.310. The molecule has 10 heteroatoms. The number of benzene rings is 2. The zero-order chi connectivity index (χ0) is 28.2. The summed E-state index contributed by atoms with van der Waals surface area (Å²) in [5.41, 5.74) is 7.36. The number of nitrogens with one attached hydrogen (secondary N) is 3. The largest absolute Gasteiger partial charge is 0.444 e. The van der Waals surface area contributed by atoms with Gasteiger partial charge in [0.15, 0.2) is 5.96 Å². The fourth-order valence-electron chi connectivity index (χ4n) is 4.22. The number of ether oxygens (including phenoxy) is 1. The van der Waals surface area contributed by atoms with Gasteiger partial charge < -0.3 is 20.7 Å². The molecule has 1 aliphatic heterocycles. The van der Waals surface area contributed by atoms with Gasteiger partial charge in [-0.2, -0.15) is 0 Å². The smallest absolute Gasteiger partial charge is 0.414 e. The van der Waals surface area contributed by atoms with Crippen molar-refractivity contribution in [1.29, 1.82) is 5.41 Å². The van der Waals surface area contributed by atoms with Crippen molar-refractivity contribution >= 4 is 46.2 Å². The van der Waals surface area contributed by atoms with Crippen molar-refractivity contribution < 1.29 is 14.3 Å². The van der Waals surface area contributed by atoms with Crippen molar-refractivity contribution in [3.05, 3.63) is 70.4 Å². The number of alkyl carbamates (subject to hydrolysis) is 1. The second-order valence-electron chi connectivity index (χ2n) is 10.3. The number of anilines is 1. The monoisotopic (exact) mass is 546 g/mol. The van der Waals surface area contributed by atoms with Crippen molar-refractivity contribution in [3.8, 4) is 11.8 Å². The Labute approximate surface area is 232 Å². The summed E-state index contributed by atoms with van der Waals surface area (Å²) in [5.74, 6) is 6.36. The number of nitrogens with two attached hydrogens (primary N) is 1. The topological polar surface area (TPSA) is 133 Å². The van der Waals surface area contributed by atoms with E-state index in [1.807, 2.05) is 12.1 Å². The van der Waals surface area contributed by atoms with Crippen LogP contribution < -0.4 is 16.4 Å². The van der Waals surface area contributed by atoms with E-state index in [0.717, 1.165) is 16.3 Å². The van der Waals surface area contributed by atoms with Gasteiger partial charge in [-0.25, -0.2) is 9.78 Å². The summed E-state index contributed by atoms with van der Waals surface area (Å²) in [7, 11) is 0. The van der Waals surface area contributed by atoms with Crippen LogP contribution in [0.2, 0.25) is 5.02 Å². The Morgan fingerprint density at radius 3 is 2.49 bits per heavy atom. The van der Waals surface area contributed by atoms with Gasteiger partial charge in [0.1, 0.15) is 11.4 Å². The highest BCUT2D eigenvalue weighted by Gasteiger charge is 2.25. The summed E-state index contributed by atoms with van der Waals surface area (Å²) < 4.78 is 5.16. The lowest BCUT2D eigenvalue weighted by atomic mass is 10.0. The van der Waals surface area contributed by atoms with Crippen LogP contribution in [0.1, 0.15) is 55.1 Å². The van der Waals surface area contributed by atoms with Crippen LogP contribution in [0.15, 0.2) is 48.7 Å². The summed E-state index contributed by atoms with van der Waals surface area (Å²) in [6, 6.07) is 12.6. The van der Waals surface area contributed by atoms with Crippen molar-refractivity contribution in [3.63, 3.8) is 0 Å². The van der Waals surface area contributed by atoms with Gasteiger partial charge in [0.05, 0.1) is 5.56 Å². The van der Waals surface area contributed by atoms with E-state index in [9.17, 15) is 9.59 Å². The molecule has 0 unspecified atom stereocenters. The molecule has 2 amide bonds. The Balaban J connectivity index is 1.33. The second kappa shape index (κ2) is 11.6. The second-order valence-corrected chi connectivity index (χ2v) is 10.7. The van der Waals surface area contributed by atoms with Gasteiger partial charge >= 0.3 is 6.09 Å². The minimum Gasteiger partial charge on any atom is -0.444 e. The summed E-state index contributed by atoms with van der Waals surface area (Å²) in [6.45, 7) is 6.35. The maximum Gasteiger partial charge on any atom is 0.414 e. The number of rotatable bonds is 2. The zero-order valence-corrected chi connectivity index (χ0v) is 22.9. The minimum atomic E-state index is -0.678. The van der Waals surface area contributed by atoms with Gasteiger partial charge in [-0.15, -0.1) is 0 Å². The minimum absolute atomic E-state index is 0.0278. The van der Waals surface area contributed by atoms with Crippen LogP contribution in [0.5, 0.6) is 0 Å². The molecule has 39 heavy (non-hydrogen) atoms. The Hall–Kier alpha value is -4.29. The van der Waals surface area contributed by atoms with E-state index in [2.05, 4.69) is 27.5 Å². The van der Waals surface area contributed by atoms with Crippen LogP contribution >= 0.6 is 11.6 Å². The van der Waals surface area contributed by atoms with E-state index in [0.29, 0.717) is 47.9 Å². The predicted octanol–water partition coefficient (Wildman–Crippen LogP) is 4.52. The quantitative estimate of drug-likeness (QED) is 0.212. The normalized spacial score (nSPS) is 13.8. The van der Waals surface area contributed by atoms with Crippen LogP contribution in [0.3, 0.4) is 0 Å². The first-order valence-corrected chi connectivity index (χ1v) is 13.0. The van der Waals surface area contributed by atoms with E-state index >= 15 is 0 Å². The molecule has 4 rings (SSSR count). The Kier molecular flexibility index (Phi) is 8.27. The number of nitrogens with zero attached hydrogens (tertiary/aromatic N) is 2. The lowest BCUT2D eigenvalue weighted by Gasteiger charge is -2.33. The van der Waals surface area contributed by atoms with Crippen LogP contribution in [0, 0.1) is 17.3 Å². The molecule has 2 aromatic carbocycles. The number of halogens is 1. The first-order valence-electron chi connectivity index (χ1n) is 12.6. The average molecular weight is 547 g/mol. The van der Waals surface area contributed by atoms with Crippen LogP contribution in [0.25, 0.3) is 10.8 Å². The SMILES string of the molecule is CC(C)(C)OC(=O)NC(=N)NC1CCN(C(=O)c2ccc(C#Cc3c(N)ncc4ccc(Cl)cc34)cc2)CC1. The van der Waals surface area contributed by atoms with E-state index in [1.54, 1.807) is 62.2 Å². The van der Waals surface area contributed by atoms with E-state index in [4.69, 9.17) is 27.5 Å². The molecular weight excluding hydrogens is 516 g/mol. The lowest BCUT2D eigenvalue weighted by Crippen LogP contribution is -2.51. The molecule has 5 N–H and O–H groups in total. The molecule has 3 aromatic rings. The Bertz CT molecular complexity index is 1460. The third-order valence-corrected chi connectivity index (χ3v) is 6.34. The maximum atomic E-state index is 13.0. The standard InChI is InChI=1S/C29H31ClN6O3/c1-29(2,3)39-28(38)35-27(32)34-22-12-14-36(15-13-22)26(37)19-7-4-18(5-8-19)6-11-23-24-16-21(30)10-9-20(24)17-33-25(23)31/h4-5,7-10,16-17,22H,12-15H2,1-3H3,(H2,31,33)(H3,32,34,35,38). The van der Waals surface area contributed by atoms with Crippen molar-refractivity contribution in [2.24, 2.45) is 0 Å². The molecule has 0 saturated carbocycles. The van der Waals surface area contributed by atoms with Gasteiger partial charge in [-0.05, 0) is 70.0 Å². The molecule has 1 fully saturated rings. The number of pyridine rings is 1. The third kappa shape index (κ3) is 7.39. The van der Waals surface area contributed by atoms with E-state index in [-0.39, 0.29) is 17.9 Å². The molecule has 0 aliphatic carbocycles. The van der Waals surface area contributed by atoms with Gasteiger partial charge in [0.25, 0.3) is 5.91 Å². The Morgan fingerprint density at radius 2 is 1.82 bits per heavy atom. The number of fused-ring (bicyclic) bond motifs is 1. The number of piperidine rings is 1. The highest BCUT2D eigenvalue weighted by atomic mass is 35.5. The van der Waals surface area contributed by atoms with Gasteiger partial charge in [-0.1, -0.05) is 29.5 Å². The van der Waals surface area contributed by atoms with Gasteiger partial charge in [0, 0.05) is 52.3 Å². The third-order valence-electron chi connectivity index (χ3n) is 6.10. The lowest BCUT2D eigenvalue weighted by molar-refractivity contribution is 0.0560. The molecule has 2 heterocycles. The summed E-state index contributed by atoms with van der Waals surface area (Å²) in [4.78, 5) is 30.9. The molecule has 9 nitrogen and oxygen atoms in total. The highest BCUT2D eigenvalue weighted by Crippen LogP contribution is 2.25. The van der Waals surface area contributed by atoms with E-state index in [1.165, 1.54) is 0 Å². The Morgan fingerprint density at radius 1 is 1.13 bits per heavy atom. The molecule has 202 valence electrons. The maximum absolute atomic E-state index is 13.0. The van der Waals surface area contributed by atoms with Crippen LogP contribution in [-0.2, 0) is 4.74 Å². The number of likely N-dealkylation sites (tertiary alicyclic amines) is 1. The molecule has 1 aromatic heterocycles. The van der Waals surface area contributed by atoms with Crippen molar-refractivity contribution in [2.75, 3.05) is 18.8 Å². The van der Waals surface area contributed by atoms with Crippen LogP contribution in [-0.4, -0.2) is 52.6 Å². The van der Waals surface area contributed by atoms with Gasteiger partial charge in [0.2, 0.25) is 0 Å². The number of nitrogen functional groups attached to an aromatic ring is 1. The van der Waals surface area contributed by atoms with E-state index < -0.39 is 11.7 Å². The first-order chi connectivity index (χ1) is 18.5. The number of aromatic nitrogens is 1. The molecule has 0 spiro atoms. The predicted molar refractivity (Wildman–Crippen MR) is 153 cm³/mol. The molecule has 1 aliphatic rings. The van der Waals surface area contributed by atoms with Crippen molar-refractivity contribution in [1.82, 2.24) is 20.5 Å². The molecule has 0 atom stereocenters. The number of carbonyl (C=O) groups excluding carboxylic acids is 2. The highest BCUT2D eigenvalue weighted by molar-refractivity contribution is 6.31. The number of hydrogen-bond donors (Lipinski definition) is 4. The van der Waals surface area contributed by atoms with Crippen molar-refractivity contribution in [2.45, 2.75) is 45.3 Å². The molecule has 0 radical (unpaired) electrons. The fourth-order valence-corrected chi connectivity index (χ4v) is 4.39. The summed E-state index contributed by atoms with van der Waals surface area (Å²) in [5, 5.41) is 15.7. The summed E-state index contributed by atoms with van der Waals surface area (Å²) in [6.07, 6.45) is 2.31. The molecule has 0 bridgehead atoms. The molecule has 1 saturated heterocycles. The zero-order valence-electron chi connectivity index (χ0n) is 22.1. The number of hydrogen-bond acceptors (Lipinski definition) is 6. The number of carbonyl (C=O) groups is 2. The van der Waals surface area contributed by atoms with Gasteiger partial charge in [-0.3, -0.25) is 15.5 Å². The van der Waals surface area contributed by atoms with Crippen LogP contribution in [0.4, 0.5) is 10.6 Å². The first kappa shape index (κ1) is 27.7. The molecular formula is C29H31ClN6O3. The number of guanidine groups is 1. The number of amides is 2.